The average Bonchev–Trinajstić information content (AvgIpc) is 2.27. The highest BCUT2D eigenvalue weighted by Gasteiger charge is 2.11. The van der Waals surface area contributed by atoms with Gasteiger partial charge in [0, 0.05) is 0 Å². The minimum Gasteiger partial charge on any atom is -0.478 e. The number of hydrogen-bond acceptors (Lipinski definition) is 3. The fourth-order valence-electron chi connectivity index (χ4n) is 1.13. The van der Waals surface area contributed by atoms with E-state index in [-0.39, 0.29) is 11.1 Å². The molecule has 15 heavy (non-hydrogen) atoms. The van der Waals surface area contributed by atoms with Crippen molar-refractivity contribution < 1.29 is 19.4 Å². The van der Waals surface area contributed by atoms with E-state index in [1.165, 1.54) is 31.4 Å². The van der Waals surface area contributed by atoms with Crippen molar-refractivity contribution in [2.75, 3.05) is 7.11 Å². The van der Waals surface area contributed by atoms with E-state index in [1.807, 2.05) is 0 Å². The van der Waals surface area contributed by atoms with Gasteiger partial charge in [-0.1, -0.05) is 12.7 Å². The molecule has 0 spiro atoms. The number of carbonyl (C=O) groups excluding carboxylic acids is 1. The predicted octanol–water partition coefficient (Wildman–Crippen LogP) is 1.81. The van der Waals surface area contributed by atoms with E-state index < -0.39 is 11.9 Å². The summed E-state index contributed by atoms with van der Waals surface area (Å²) in [6.07, 6.45) is 1.47. The summed E-state index contributed by atoms with van der Waals surface area (Å²) in [5.41, 5.74) is 0.801. The van der Waals surface area contributed by atoms with Gasteiger partial charge in [-0.2, -0.15) is 0 Å². The van der Waals surface area contributed by atoms with Crippen LogP contribution in [0.15, 0.2) is 24.8 Å². The molecule has 1 aromatic rings. The Bertz CT molecular complexity index is 421. The summed E-state index contributed by atoms with van der Waals surface area (Å²) < 4.78 is 4.50. The van der Waals surface area contributed by atoms with Crippen molar-refractivity contribution in [3.63, 3.8) is 0 Å². The molecule has 0 aliphatic carbocycles. The minimum absolute atomic E-state index is 0.0350. The zero-order chi connectivity index (χ0) is 11.4. The SMILES string of the molecule is C=Cc1cc(C(=O)O)cc(C(=O)OC)c1. The monoisotopic (exact) mass is 206 g/mol. The van der Waals surface area contributed by atoms with Crippen LogP contribution in [0, 0.1) is 0 Å². The third-order valence-corrected chi connectivity index (χ3v) is 1.86. The number of rotatable bonds is 3. The first kappa shape index (κ1) is 11.0. The lowest BCUT2D eigenvalue weighted by Crippen LogP contribution is -2.05. The molecule has 0 atom stereocenters. The van der Waals surface area contributed by atoms with Gasteiger partial charge in [-0.15, -0.1) is 0 Å². The van der Waals surface area contributed by atoms with Gasteiger partial charge >= 0.3 is 11.9 Å². The Labute approximate surface area is 86.8 Å². The van der Waals surface area contributed by atoms with Gasteiger partial charge < -0.3 is 9.84 Å². The Balaban J connectivity index is 3.28. The van der Waals surface area contributed by atoms with Crippen LogP contribution < -0.4 is 0 Å². The molecule has 0 fully saturated rings. The molecule has 0 bridgehead atoms. The molecule has 78 valence electrons. The lowest BCUT2D eigenvalue weighted by Gasteiger charge is -2.03. The van der Waals surface area contributed by atoms with Gasteiger partial charge in [0.2, 0.25) is 0 Å². The van der Waals surface area contributed by atoms with Crippen LogP contribution in [-0.4, -0.2) is 24.2 Å². The van der Waals surface area contributed by atoms with Crippen LogP contribution in [-0.2, 0) is 4.74 Å². The minimum atomic E-state index is -1.09. The summed E-state index contributed by atoms with van der Waals surface area (Å²) in [5, 5.41) is 8.80. The molecule has 0 heterocycles. The number of benzene rings is 1. The second-order valence-electron chi connectivity index (χ2n) is 2.84. The topological polar surface area (TPSA) is 63.6 Å². The molecule has 1 rings (SSSR count). The van der Waals surface area contributed by atoms with Gasteiger partial charge in [0.15, 0.2) is 0 Å². The third-order valence-electron chi connectivity index (χ3n) is 1.86. The van der Waals surface area contributed by atoms with Crippen LogP contribution in [0.25, 0.3) is 6.08 Å². The maximum atomic E-state index is 11.2. The summed E-state index contributed by atoms with van der Waals surface area (Å²) in [7, 11) is 1.24. The van der Waals surface area contributed by atoms with Crippen molar-refractivity contribution in [3.8, 4) is 0 Å². The first-order valence-corrected chi connectivity index (χ1v) is 4.17. The second kappa shape index (κ2) is 4.41. The molecular weight excluding hydrogens is 196 g/mol. The number of carbonyl (C=O) groups is 2. The van der Waals surface area contributed by atoms with Gasteiger partial charge in [-0.3, -0.25) is 0 Å². The molecule has 4 nitrogen and oxygen atoms in total. The van der Waals surface area contributed by atoms with Crippen LogP contribution >= 0.6 is 0 Å². The molecule has 4 heteroatoms. The number of methoxy groups -OCH3 is 1. The normalized spacial score (nSPS) is 9.40. The van der Waals surface area contributed by atoms with Crippen LogP contribution in [0.3, 0.4) is 0 Å². The van der Waals surface area contributed by atoms with Crippen molar-refractivity contribution in [1.29, 1.82) is 0 Å². The van der Waals surface area contributed by atoms with Crippen molar-refractivity contribution >= 4 is 18.0 Å². The first-order valence-electron chi connectivity index (χ1n) is 4.17. The summed E-state index contributed by atoms with van der Waals surface area (Å²) in [5.74, 6) is -1.66. The quantitative estimate of drug-likeness (QED) is 0.766. The molecule has 1 aromatic carbocycles. The maximum absolute atomic E-state index is 11.2. The standard InChI is InChI=1S/C11H10O4/c1-3-7-4-8(10(12)13)6-9(5-7)11(14)15-2/h3-6H,1H2,2H3,(H,12,13). The average molecular weight is 206 g/mol. The van der Waals surface area contributed by atoms with Gasteiger partial charge in [0.05, 0.1) is 18.2 Å². The van der Waals surface area contributed by atoms with Gasteiger partial charge in [0.25, 0.3) is 0 Å². The van der Waals surface area contributed by atoms with Crippen molar-refractivity contribution in [3.05, 3.63) is 41.5 Å². The van der Waals surface area contributed by atoms with Crippen molar-refractivity contribution in [1.82, 2.24) is 0 Å². The highest BCUT2D eigenvalue weighted by molar-refractivity contribution is 5.95. The highest BCUT2D eigenvalue weighted by Crippen LogP contribution is 2.12. The Morgan fingerprint density at radius 3 is 2.40 bits per heavy atom. The number of carboxylic acid groups (broad SMARTS) is 1. The van der Waals surface area contributed by atoms with Crippen LogP contribution in [0.4, 0.5) is 0 Å². The molecule has 0 aliphatic rings. The van der Waals surface area contributed by atoms with Gasteiger partial charge in [-0.05, 0) is 23.8 Å². The number of aromatic carboxylic acids is 1. The number of ether oxygens (including phenoxy) is 1. The van der Waals surface area contributed by atoms with Crippen molar-refractivity contribution in [2.24, 2.45) is 0 Å². The molecular formula is C11H10O4. The van der Waals surface area contributed by atoms with E-state index in [4.69, 9.17) is 5.11 Å². The first-order chi connectivity index (χ1) is 7.08. The van der Waals surface area contributed by atoms with E-state index in [0.717, 1.165) is 0 Å². The molecule has 1 N–H and O–H groups in total. The van der Waals surface area contributed by atoms with E-state index in [0.29, 0.717) is 5.56 Å². The number of hydrogen-bond donors (Lipinski definition) is 1. The van der Waals surface area contributed by atoms with E-state index >= 15 is 0 Å². The zero-order valence-corrected chi connectivity index (χ0v) is 8.19. The molecule has 0 saturated carbocycles. The summed E-state index contributed by atoms with van der Waals surface area (Å²) in [6.45, 7) is 3.51. The van der Waals surface area contributed by atoms with Gasteiger partial charge in [-0.25, -0.2) is 9.59 Å². The summed E-state index contributed by atoms with van der Waals surface area (Å²) >= 11 is 0. The molecule has 0 radical (unpaired) electrons. The van der Waals surface area contributed by atoms with E-state index in [2.05, 4.69) is 11.3 Å². The second-order valence-corrected chi connectivity index (χ2v) is 2.84. The Morgan fingerprint density at radius 2 is 1.93 bits per heavy atom. The van der Waals surface area contributed by atoms with E-state index in [1.54, 1.807) is 0 Å². The fourth-order valence-corrected chi connectivity index (χ4v) is 1.13. The molecule has 0 saturated heterocycles. The smallest absolute Gasteiger partial charge is 0.337 e. The maximum Gasteiger partial charge on any atom is 0.337 e. The van der Waals surface area contributed by atoms with Crippen LogP contribution in [0.2, 0.25) is 0 Å². The summed E-state index contributed by atoms with van der Waals surface area (Å²) in [4.78, 5) is 22.0. The molecule has 0 unspecified atom stereocenters. The van der Waals surface area contributed by atoms with Gasteiger partial charge in [0.1, 0.15) is 0 Å². The molecule has 0 aromatic heterocycles. The fraction of sp³-hybridized carbons (Fsp3) is 0.0909. The Kier molecular flexibility index (Phi) is 3.23. The number of carboxylic acids is 1. The Hall–Kier alpha value is -2.10. The van der Waals surface area contributed by atoms with Crippen molar-refractivity contribution in [2.45, 2.75) is 0 Å². The highest BCUT2D eigenvalue weighted by atomic mass is 16.5. The van der Waals surface area contributed by atoms with Crippen LogP contribution in [0.1, 0.15) is 26.3 Å². The lowest BCUT2D eigenvalue weighted by molar-refractivity contribution is 0.0600. The third kappa shape index (κ3) is 2.43. The summed E-state index contributed by atoms with van der Waals surface area (Å²) in [6, 6.07) is 4.22. The van der Waals surface area contributed by atoms with E-state index in [9.17, 15) is 9.59 Å². The zero-order valence-electron chi connectivity index (χ0n) is 8.19. The Morgan fingerprint density at radius 1 is 1.33 bits per heavy atom. The molecule has 0 amide bonds. The largest absolute Gasteiger partial charge is 0.478 e. The number of esters is 1. The lowest BCUT2D eigenvalue weighted by atomic mass is 10.1. The predicted molar refractivity (Wildman–Crippen MR) is 54.8 cm³/mol. The van der Waals surface area contributed by atoms with Crippen LogP contribution in [0.5, 0.6) is 0 Å². The molecule has 0 aliphatic heterocycles.